The average Bonchev–Trinajstić information content (AvgIpc) is 2.44. The van der Waals surface area contributed by atoms with E-state index in [9.17, 15) is 4.79 Å². The predicted octanol–water partition coefficient (Wildman–Crippen LogP) is 1.93. The van der Waals surface area contributed by atoms with Gasteiger partial charge in [-0.25, -0.2) is 0 Å². The zero-order chi connectivity index (χ0) is 15.0. The van der Waals surface area contributed by atoms with Gasteiger partial charge in [-0.05, 0) is 39.5 Å². The summed E-state index contributed by atoms with van der Waals surface area (Å²) in [4.78, 5) is 20.4. The van der Waals surface area contributed by atoms with Crippen LogP contribution in [0.5, 0.6) is 0 Å². The topological polar surface area (TPSA) is 48.5 Å². The summed E-state index contributed by atoms with van der Waals surface area (Å²) in [7, 11) is 5.92. The Morgan fingerprint density at radius 2 is 2.05 bits per heavy atom. The van der Waals surface area contributed by atoms with Crippen molar-refractivity contribution in [3.05, 3.63) is 24.0 Å². The van der Waals surface area contributed by atoms with Gasteiger partial charge in [0.25, 0.3) is 5.91 Å². The molecule has 0 aromatic carbocycles. The molecule has 0 saturated carbocycles. The fraction of sp³-hybridized carbons (Fsp3) is 0.600. The van der Waals surface area contributed by atoms with Crippen LogP contribution in [0, 0.1) is 0 Å². The van der Waals surface area contributed by atoms with Crippen molar-refractivity contribution in [3.8, 4) is 0 Å². The molecule has 0 fully saturated rings. The molecule has 0 aliphatic heterocycles. The Labute approximate surface area is 122 Å². The largest absolute Gasteiger partial charge is 0.384 e. The second-order valence-electron chi connectivity index (χ2n) is 5.23. The molecule has 0 bridgehead atoms. The van der Waals surface area contributed by atoms with Gasteiger partial charge in [-0.2, -0.15) is 0 Å². The summed E-state index contributed by atoms with van der Waals surface area (Å²) in [5.41, 5.74) is 1.51. The minimum absolute atomic E-state index is 0.0236. The number of anilines is 1. The molecule has 0 saturated heterocycles. The zero-order valence-corrected chi connectivity index (χ0v) is 13.0. The number of pyridine rings is 1. The van der Waals surface area contributed by atoms with Crippen molar-refractivity contribution in [3.63, 3.8) is 0 Å². The maximum atomic E-state index is 12.4. The van der Waals surface area contributed by atoms with E-state index in [1.165, 1.54) is 0 Å². The second-order valence-corrected chi connectivity index (χ2v) is 5.23. The molecule has 0 aliphatic carbocycles. The number of nitrogens with zero attached hydrogens (tertiary/aromatic N) is 3. The van der Waals surface area contributed by atoms with Gasteiger partial charge in [-0.15, -0.1) is 0 Å². The number of rotatable bonds is 8. The maximum absolute atomic E-state index is 12.4. The first-order valence-corrected chi connectivity index (χ1v) is 7.14. The van der Waals surface area contributed by atoms with Gasteiger partial charge in [-0.1, -0.05) is 6.92 Å². The molecule has 5 heteroatoms. The summed E-state index contributed by atoms with van der Waals surface area (Å²) in [5, 5.41) is 3.28. The van der Waals surface area contributed by atoms with Crippen LogP contribution < -0.4 is 5.32 Å². The van der Waals surface area contributed by atoms with Gasteiger partial charge in [0.1, 0.15) is 0 Å². The van der Waals surface area contributed by atoms with Gasteiger partial charge in [-0.3, -0.25) is 9.78 Å². The van der Waals surface area contributed by atoms with Crippen molar-refractivity contribution >= 4 is 11.6 Å². The van der Waals surface area contributed by atoms with Gasteiger partial charge in [0.05, 0.1) is 11.3 Å². The van der Waals surface area contributed by atoms with Crippen molar-refractivity contribution in [2.24, 2.45) is 0 Å². The van der Waals surface area contributed by atoms with E-state index >= 15 is 0 Å². The first-order valence-electron chi connectivity index (χ1n) is 7.14. The third-order valence-electron chi connectivity index (χ3n) is 3.06. The lowest BCUT2D eigenvalue weighted by Crippen LogP contribution is -2.30. The molecule has 1 N–H and O–H groups in total. The van der Waals surface area contributed by atoms with Crippen LogP contribution in [-0.4, -0.2) is 61.5 Å². The smallest absolute Gasteiger partial charge is 0.257 e. The van der Waals surface area contributed by atoms with E-state index in [-0.39, 0.29) is 5.91 Å². The van der Waals surface area contributed by atoms with E-state index in [1.54, 1.807) is 17.3 Å². The molecular weight excluding hydrogens is 252 g/mol. The molecule has 0 radical (unpaired) electrons. The van der Waals surface area contributed by atoms with E-state index < -0.39 is 0 Å². The number of aromatic nitrogens is 1. The third-order valence-corrected chi connectivity index (χ3v) is 3.06. The monoisotopic (exact) mass is 278 g/mol. The molecule has 1 heterocycles. The lowest BCUT2D eigenvalue weighted by Gasteiger charge is -2.20. The van der Waals surface area contributed by atoms with Crippen LogP contribution in [0.15, 0.2) is 18.5 Å². The SMILES string of the molecule is CCCNc1ccncc1C(=O)N(C)CCCN(C)C. The molecule has 112 valence electrons. The molecule has 5 nitrogen and oxygen atoms in total. The van der Waals surface area contributed by atoms with Crippen LogP contribution in [0.4, 0.5) is 5.69 Å². The normalized spacial score (nSPS) is 10.7. The lowest BCUT2D eigenvalue weighted by molar-refractivity contribution is 0.0791. The summed E-state index contributed by atoms with van der Waals surface area (Å²) in [5.74, 6) is 0.0236. The standard InChI is InChI=1S/C15H26N4O/c1-5-8-17-14-7-9-16-12-13(14)15(20)19(4)11-6-10-18(2)3/h7,9,12H,5-6,8,10-11H2,1-4H3,(H,16,17). The molecule has 20 heavy (non-hydrogen) atoms. The van der Waals surface area contributed by atoms with Gasteiger partial charge >= 0.3 is 0 Å². The van der Waals surface area contributed by atoms with Gasteiger partial charge in [0, 0.05) is 32.5 Å². The Kier molecular flexibility index (Phi) is 7.01. The first kappa shape index (κ1) is 16.4. The van der Waals surface area contributed by atoms with Crippen LogP contribution >= 0.6 is 0 Å². The summed E-state index contributed by atoms with van der Waals surface area (Å²) in [6.07, 6.45) is 5.34. The van der Waals surface area contributed by atoms with Crippen molar-refractivity contribution in [2.45, 2.75) is 19.8 Å². The molecule has 0 unspecified atom stereocenters. The van der Waals surface area contributed by atoms with Crippen molar-refractivity contribution in [2.75, 3.05) is 46.1 Å². The molecular formula is C15H26N4O. The van der Waals surface area contributed by atoms with Crippen LogP contribution in [0.2, 0.25) is 0 Å². The fourth-order valence-corrected chi connectivity index (χ4v) is 1.91. The van der Waals surface area contributed by atoms with Gasteiger partial charge in [0.2, 0.25) is 0 Å². The molecule has 0 atom stereocenters. The number of hydrogen-bond acceptors (Lipinski definition) is 4. The highest BCUT2D eigenvalue weighted by Gasteiger charge is 2.15. The van der Waals surface area contributed by atoms with Gasteiger partial charge < -0.3 is 15.1 Å². The lowest BCUT2D eigenvalue weighted by atomic mass is 10.2. The minimum Gasteiger partial charge on any atom is -0.384 e. The molecule has 1 amide bonds. The maximum Gasteiger partial charge on any atom is 0.257 e. The van der Waals surface area contributed by atoms with E-state index in [2.05, 4.69) is 22.1 Å². The summed E-state index contributed by atoms with van der Waals surface area (Å²) in [6.45, 7) is 4.68. The Morgan fingerprint density at radius 3 is 2.70 bits per heavy atom. The number of carbonyl (C=O) groups excluding carboxylic acids is 1. The highest BCUT2D eigenvalue weighted by molar-refractivity contribution is 5.99. The Bertz CT molecular complexity index is 420. The van der Waals surface area contributed by atoms with Crippen LogP contribution in [-0.2, 0) is 0 Å². The number of nitrogens with one attached hydrogen (secondary N) is 1. The Morgan fingerprint density at radius 1 is 1.30 bits per heavy atom. The quantitative estimate of drug-likeness (QED) is 0.789. The predicted molar refractivity (Wildman–Crippen MR) is 83.1 cm³/mol. The Hall–Kier alpha value is -1.62. The number of carbonyl (C=O) groups is 1. The van der Waals surface area contributed by atoms with E-state index in [0.29, 0.717) is 5.56 Å². The van der Waals surface area contributed by atoms with E-state index in [0.717, 1.165) is 38.2 Å². The third kappa shape index (κ3) is 5.17. The first-order chi connectivity index (χ1) is 9.56. The van der Waals surface area contributed by atoms with Crippen molar-refractivity contribution in [1.29, 1.82) is 0 Å². The van der Waals surface area contributed by atoms with Crippen molar-refractivity contribution in [1.82, 2.24) is 14.8 Å². The number of hydrogen-bond donors (Lipinski definition) is 1. The molecule has 1 aromatic rings. The molecule has 0 aliphatic rings. The minimum atomic E-state index is 0.0236. The van der Waals surface area contributed by atoms with E-state index in [4.69, 9.17) is 0 Å². The summed E-state index contributed by atoms with van der Waals surface area (Å²) < 4.78 is 0. The van der Waals surface area contributed by atoms with Gasteiger partial charge in [0.15, 0.2) is 0 Å². The zero-order valence-electron chi connectivity index (χ0n) is 13.0. The van der Waals surface area contributed by atoms with E-state index in [1.807, 2.05) is 27.2 Å². The highest BCUT2D eigenvalue weighted by Crippen LogP contribution is 2.15. The average molecular weight is 278 g/mol. The molecule has 1 aromatic heterocycles. The van der Waals surface area contributed by atoms with Crippen LogP contribution in [0.3, 0.4) is 0 Å². The van der Waals surface area contributed by atoms with Crippen molar-refractivity contribution < 1.29 is 4.79 Å². The fourth-order valence-electron chi connectivity index (χ4n) is 1.91. The summed E-state index contributed by atoms with van der Waals surface area (Å²) >= 11 is 0. The molecule has 0 spiro atoms. The Balaban J connectivity index is 2.65. The highest BCUT2D eigenvalue weighted by atomic mass is 16.2. The molecule has 1 rings (SSSR count). The van der Waals surface area contributed by atoms with Crippen LogP contribution in [0.25, 0.3) is 0 Å². The summed E-state index contributed by atoms with van der Waals surface area (Å²) in [6, 6.07) is 1.86. The second kappa shape index (κ2) is 8.53. The number of amides is 1. The van der Waals surface area contributed by atoms with Crippen LogP contribution in [0.1, 0.15) is 30.1 Å².